The molecule has 3 aromatic rings. The molecule has 3 saturated carbocycles. The molecular weight excluding hydrogens is 599 g/mol. The van der Waals surface area contributed by atoms with Gasteiger partial charge in [-0.1, -0.05) is 50.0 Å². The van der Waals surface area contributed by atoms with Gasteiger partial charge in [0.05, 0.1) is 29.2 Å². The number of anilines is 2. The number of aliphatic hydroxyl groups excluding tert-OH is 2. The molecule has 1 aromatic heterocycles. The third kappa shape index (κ3) is 5.25. The van der Waals surface area contributed by atoms with Crippen LogP contribution in [0.5, 0.6) is 0 Å². The van der Waals surface area contributed by atoms with Crippen molar-refractivity contribution in [1.29, 1.82) is 0 Å². The molecule has 0 spiro atoms. The molecule has 9 nitrogen and oxygen atoms in total. The van der Waals surface area contributed by atoms with Gasteiger partial charge in [0.1, 0.15) is 0 Å². The molecular formula is C33H40Cl2N6O3. The normalized spacial score (nSPS) is 26.8. The number of nitrogens with one attached hydrogen (secondary N) is 1. The number of aliphatic hydroxyl groups is 2. The van der Waals surface area contributed by atoms with Crippen LogP contribution in [-0.2, 0) is 13.0 Å². The second-order valence-electron chi connectivity index (χ2n) is 13.8. The lowest BCUT2D eigenvalue weighted by Gasteiger charge is -2.61. The molecule has 11 heteroatoms. The van der Waals surface area contributed by atoms with Crippen LogP contribution in [0.1, 0.15) is 39.2 Å². The summed E-state index contributed by atoms with van der Waals surface area (Å²) in [5, 5.41) is 25.3. The van der Waals surface area contributed by atoms with E-state index in [1.807, 2.05) is 29.2 Å². The number of halogens is 2. The smallest absolute Gasteiger partial charge is 0.262 e. The molecule has 0 radical (unpaired) electrons. The zero-order chi connectivity index (χ0) is 30.9. The maximum atomic E-state index is 13.9. The highest BCUT2D eigenvalue weighted by Gasteiger charge is 2.56. The Labute approximate surface area is 267 Å². The number of aliphatic imine (C=N–C) groups is 1. The summed E-state index contributed by atoms with van der Waals surface area (Å²) in [5.41, 5.74) is 2.51. The van der Waals surface area contributed by atoms with Gasteiger partial charge in [-0.3, -0.25) is 9.36 Å². The topological polar surface area (TPSA) is 106 Å². The molecule has 3 N–H and O–H groups in total. The number of hydrogen-bond donors (Lipinski definition) is 3. The van der Waals surface area contributed by atoms with E-state index in [2.05, 4.69) is 31.0 Å². The van der Waals surface area contributed by atoms with Crippen molar-refractivity contribution in [3.05, 3.63) is 62.4 Å². The fraction of sp³-hybridized carbons (Fsp3) is 0.545. The van der Waals surface area contributed by atoms with E-state index < -0.39 is 6.10 Å². The number of likely N-dealkylation sites (tertiary alicyclic amines) is 1. The number of fused-ring (bicyclic) bond motifs is 3. The minimum absolute atomic E-state index is 0.138. The molecule has 2 saturated heterocycles. The summed E-state index contributed by atoms with van der Waals surface area (Å²) in [6.07, 6.45) is 2.11. The average Bonchev–Trinajstić information content (AvgIpc) is 2.94. The fourth-order valence-electron chi connectivity index (χ4n) is 7.71. The van der Waals surface area contributed by atoms with Crippen molar-refractivity contribution in [2.45, 2.75) is 64.8 Å². The van der Waals surface area contributed by atoms with E-state index in [0.29, 0.717) is 89.2 Å². The Hall–Kier alpha value is -2.85. The molecule has 5 fully saturated rings. The molecule has 3 aliphatic carbocycles. The van der Waals surface area contributed by atoms with Crippen LogP contribution in [0, 0.1) is 23.2 Å². The van der Waals surface area contributed by atoms with E-state index in [0.717, 1.165) is 23.6 Å². The maximum Gasteiger partial charge on any atom is 0.262 e. The highest BCUT2D eigenvalue weighted by Crippen LogP contribution is 2.61. The highest BCUT2D eigenvalue weighted by molar-refractivity contribution is 6.35. The van der Waals surface area contributed by atoms with Gasteiger partial charge in [-0.2, -0.15) is 0 Å². The number of rotatable bonds is 6. The monoisotopic (exact) mass is 638 g/mol. The van der Waals surface area contributed by atoms with E-state index in [9.17, 15) is 15.0 Å². The molecule has 0 unspecified atom stereocenters. The van der Waals surface area contributed by atoms with Crippen LogP contribution in [0.2, 0.25) is 10.0 Å². The number of aromatic nitrogens is 2. The van der Waals surface area contributed by atoms with Crippen LogP contribution in [-0.4, -0.2) is 75.1 Å². The average molecular weight is 640 g/mol. The maximum absolute atomic E-state index is 13.9. The molecule has 44 heavy (non-hydrogen) atoms. The van der Waals surface area contributed by atoms with E-state index in [-0.39, 0.29) is 17.7 Å². The minimum Gasteiger partial charge on any atom is -0.389 e. The SMILES string of the molecule is C[C@@H]1[C@@H](N=C(Nc2ccc3c(=O)n(CCc4ccc(Cl)cc4Cl)c(N4CC(O)C4)nc3c2)N2CC(O)C2)C[C@@H]2C[C@H]1C2(C)C. The van der Waals surface area contributed by atoms with Gasteiger partial charge >= 0.3 is 0 Å². The van der Waals surface area contributed by atoms with Crippen LogP contribution in [0.15, 0.2) is 46.2 Å². The van der Waals surface area contributed by atoms with Gasteiger partial charge in [0.15, 0.2) is 5.96 Å². The van der Waals surface area contributed by atoms with Gasteiger partial charge in [-0.25, -0.2) is 9.98 Å². The summed E-state index contributed by atoms with van der Waals surface area (Å²) in [6, 6.07) is 11.2. The van der Waals surface area contributed by atoms with Crippen molar-refractivity contribution in [1.82, 2.24) is 14.5 Å². The molecule has 8 rings (SSSR count). The first-order valence-corrected chi connectivity index (χ1v) is 16.4. The Bertz CT molecular complexity index is 1680. The number of benzene rings is 2. The largest absolute Gasteiger partial charge is 0.389 e. The van der Waals surface area contributed by atoms with Gasteiger partial charge in [0, 0.05) is 48.5 Å². The minimum atomic E-state index is -0.445. The second kappa shape index (κ2) is 11.2. The zero-order valence-corrected chi connectivity index (χ0v) is 26.9. The highest BCUT2D eigenvalue weighted by atomic mass is 35.5. The van der Waals surface area contributed by atoms with Gasteiger partial charge < -0.3 is 25.3 Å². The van der Waals surface area contributed by atoms with Crippen molar-refractivity contribution in [3.8, 4) is 0 Å². The van der Waals surface area contributed by atoms with Crippen LogP contribution in [0.3, 0.4) is 0 Å². The molecule has 2 aromatic carbocycles. The van der Waals surface area contributed by atoms with E-state index in [1.54, 1.807) is 16.7 Å². The van der Waals surface area contributed by atoms with Crippen molar-refractivity contribution in [3.63, 3.8) is 0 Å². The van der Waals surface area contributed by atoms with Crippen molar-refractivity contribution in [2.75, 3.05) is 36.4 Å². The zero-order valence-electron chi connectivity index (χ0n) is 25.4. The third-order valence-electron chi connectivity index (χ3n) is 10.7. The third-order valence-corrected chi connectivity index (χ3v) is 11.3. The van der Waals surface area contributed by atoms with Crippen molar-refractivity contribution >= 4 is 51.7 Å². The first kappa shape index (κ1) is 29.8. The predicted molar refractivity (Wildman–Crippen MR) is 176 cm³/mol. The Balaban J connectivity index is 1.19. The van der Waals surface area contributed by atoms with Crippen molar-refractivity contribution < 1.29 is 10.2 Å². The van der Waals surface area contributed by atoms with Gasteiger partial charge in [-0.15, -0.1) is 0 Å². The van der Waals surface area contributed by atoms with E-state index in [1.165, 1.54) is 6.42 Å². The molecule has 4 atom stereocenters. The Morgan fingerprint density at radius 2 is 1.82 bits per heavy atom. The standard InChI is InChI=1S/C33H40Cl2N6O3/c1-18-26-10-20(33(26,2)3)11-28(18)37-31(39-14-23(42)15-39)36-22-6-7-25-29(13-22)38-32(40-16-24(43)17-40)41(30(25)44)9-8-19-4-5-21(34)12-27(19)35/h4-7,12-13,18,20,23-24,26,28,42-43H,8-11,14-17H2,1-3H3,(H,36,37)/t18-,20-,26+,28-/m0/s1. The van der Waals surface area contributed by atoms with E-state index in [4.69, 9.17) is 33.2 Å². The predicted octanol–water partition coefficient (Wildman–Crippen LogP) is 4.64. The van der Waals surface area contributed by atoms with Gasteiger partial charge in [0.2, 0.25) is 5.95 Å². The molecule has 2 aliphatic heterocycles. The lowest BCUT2D eigenvalue weighted by Crippen LogP contribution is -2.58. The van der Waals surface area contributed by atoms with E-state index >= 15 is 0 Å². The first-order chi connectivity index (χ1) is 21.0. The van der Waals surface area contributed by atoms with Crippen LogP contribution < -0.4 is 15.8 Å². The quantitative estimate of drug-likeness (QED) is 0.267. The van der Waals surface area contributed by atoms with Crippen LogP contribution >= 0.6 is 23.2 Å². The number of guanidine groups is 1. The summed E-state index contributed by atoms with van der Waals surface area (Å²) < 4.78 is 1.68. The Kier molecular flexibility index (Phi) is 7.59. The first-order valence-electron chi connectivity index (χ1n) is 15.7. The van der Waals surface area contributed by atoms with Gasteiger partial charge in [-0.05, 0) is 78.3 Å². The number of nitrogens with zero attached hydrogens (tertiary/aromatic N) is 5. The summed E-state index contributed by atoms with van der Waals surface area (Å²) in [6.45, 7) is 9.43. The lowest BCUT2D eigenvalue weighted by molar-refractivity contribution is -0.108. The molecule has 3 heterocycles. The molecule has 234 valence electrons. The number of aryl methyl sites for hydroxylation is 1. The number of hydrogen-bond acceptors (Lipinski definition) is 6. The molecule has 5 aliphatic rings. The summed E-state index contributed by atoms with van der Waals surface area (Å²) >= 11 is 12.5. The van der Waals surface area contributed by atoms with Crippen molar-refractivity contribution in [2.24, 2.45) is 28.2 Å². The summed E-state index contributed by atoms with van der Waals surface area (Å²) in [5.74, 6) is 3.17. The molecule has 2 bridgehead atoms. The van der Waals surface area contributed by atoms with Crippen LogP contribution in [0.4, 0.5) is 11.6 Å². The Morgan fingerprint density at radius 1 is 1.07 bits per heavy atom. The molecule has 0 amide bonds. The second-order valence-corrected chi connectivity index (χ2v) is 14.6. The number of β-amino-alcohol motifs (C(OH)–C–C–N with tert-alkyl or cyclic N) is 2. The lowest BCUT2D eigenvalue weighted by atomic mass is 9.45. The summed E-state index contributed by atoms with van der Waals surface area (Å²) in [7, 11) is 0. The van der Waals surface area contributed by atoms with Gasteiger partial charge in [0.25, 0.3) is 5.56 Å². The Morgan fingerprint density at radius 3 is 2.48 bits per heavy atom. The fourth-order valence-corrected chi connectivity index (χ4v) is 8.21. The summed E-state index contributed by atoms with van der Waals surface area (Å²) in [4.78, 5) is 28.1. The van der Waals surface area contributed by atoms with Crippen LogP contribution in [0.25, 0.3) is 10.9 Å².